The fourth-order valence-electron chi connectivity index (χ4n) is 7.35. The van der Waals surface area contributed by atoms with Crippen LogP contribution in [0.3, 0.4) is 0 Å². The summed E-state index contributed by atoms with van der Waals surface area (Å²) in [5.41, 5.74) is 5.87. The molecule has 0 amide bonds. The molecule has 0 heterocycles. The lowest BCUT2D eigenvalue weighted by molar-refractivity contribution is -0.0797. The molecule has 0 aromatic heterocycles. The molecular formula is C24H34. The van der Waals surface area contributed by atoms with Gasteiger partial charge in [-0.2, -0.15) is 0 Å². The minimum absolute atomic E-state index is 0.271. The Morgan fingerprint density at radius 1 is 1.12 bits per heavy atom. The van der Waals surface area contributed by atoms with Gasteiger partial charge < -0.3 is 0 Å². The van der Waals surface area contributed by atoms with Gasteiger partial charge in [0, 0.05) is 5.41 Å². The van der Waals surface area contributed by atoms with Crippen molar-refractivity contribution in [2.24, 2.45) is 28.1 Å². The van der Waals surface area contributed by atoms with Gasteiger partial charge in [-0.05, 0) is 73.2 Å². The Morgan fingerprint density at radius 2 is 1.92 bits per heavy atom. The molecule has 0 nitrogen and oxygen atoms in total. The quantitative estimate of drug-likeness (QED) is 0.455. The molecule has 0 aliphatic heterocycles. The molecule has 3 fully saturated rings. The molecular weight excluding hydrogens is 288 g/mol. The van der Waals surface area contributed by atoms with Crippen molar-refractivity contribution in [2.45, 2.75) is 72.6 Å². The molecule has 0 saturated heterocycles. The lowest BCUT2D eigenvalue weighted by Gasteiger charge is -2.62. The fourth-order valence-corrected chi connectivity index (χ4v) is 7.35. The van der Waals surface area contributed by atoms with Crippen LogP contribution in [-0.2, 0) is 0 Å². The Bertz CT molecular complexity index is 660. The van der Waals surface area contributed by atoms with Gasteiger partial charge in [0.15, 0.2) is 0 Å². The van der Waals surface area contributed by atoms with E-state index in [1.165, 1.54) is 50.5 Å². The van der Waals surface area contributed by atoms with E-state index in [-0.39, 0.29) is 5.41 Å². The van der Waals surface area contributed by atoms with Gasteiger partial charge >= 0.3 is 0 Å². The van der Waals surface area contributed by atoms with E-state index in [9.17, 15) is 0 Å². The average Bonchev–Trinajstić information content (AvgIpc) is 2.87. The van der Waals surface area contributed by atoms with Gasteiger partial charge in [0.1, 0.15) is 0 Å². The van der Waals surface area contributed by atoms with Crippen molar-refractivity contribution < 1.29 is 0 Å². The molecule has 0 heteroatoms. The Labute approximate surface area is 148 Å². The zero-order valence-electron chi connectivity index (χ0n) is 16.1. The Kier molecular flexibility index (Phi) is 3.58. The maximum absolute atomic E-state index is 4.18. The molecule has 130 valence electrons. The summed E-state index contributed by atoms with van der Waals surface area (Å²) in [6.45, 7) is 14.2. The SMILES string of the molecule is C=C1C=CC2(C)C(=C1)CCC1(C)C2CCC2(C)C(=CCC)CCC21. The predicted octanol–water partition coefficient (Wildman–Crippen LogP) is 7.01. The van der Waals surface area contributed by atoms with Crippen LogP contribution in [0.25, 0.3) is 0 Å². The van der Waals surface area contributed by atoms with Crippen molar-refractivity contribution in [3.05, 3.63) is 47.6 Å². The smallest absolute Gasteiger partial charge is 0.0103 e. The summed E-state index contributed by atoms with van der Waals surface area (Å²) in [6.07, 6.45) is 19.1. The van der Waals surface area contributed by atoms with Crippen LogP contribution in [0.4, 0.5) is 0 Å². The van der Waals surface area contributed by atoms with E-state index in [4.69, 9.17) is 0 Å². The van der Waals surface area contributed by atoms with Crippen LogP contribution in [-0.4, -0.2) is 0 Å². The largest absolute Gasteiger partial charge is 0.0918 e. The van der Waals surface area contributed by atoms with Crippen LogP contribution in [0, 0.1) is 28.1 Å². The first-order chi connectivity index (χ1) is 11.3. The first-order valence-corrected chi connectivity index (χ1v) is 10.1. The van der Waals surface area contributed by atoms with Crippen molar-refractivity contribution >= 4 is 0 Å². The molecule has 0 bridgehead atoms. The molecule has 0 radical (unpaired) electrons. The molecule has 4 aliphatic carbocycles. The summed E-state index contributed by atoms with van der Waals surface area (Å²) in [7, 11) is 0. The summed E-state index contributed by atoms with van der Waals surface area (Å²) in [5, 5.41) is 0. The van der Waals surface area contributed by atoms with Gasteiger partial charge in [-0.25, -0.2) is 0 Å². The standard InChI is InChI=1S/C24H34/c1-6-7-18-8-9-20-22(18,3)15-12-21-23(4)13-10-17(2)16-19(23)11-14-24(20,21)5/h7,10,13,16,20-21H,2,6,8-9,11-12,14-15H2,1,3-5H3. The zero-order chi connectivity index (χ0) is 17.2. The summed E-state index contributed by atoms with van der Waals surface area (Å²) in [4.78, 5) is 0. The third-order valence-electron chi connectivity index (χ3n) is 8.55. The summed E-state index contributed by atoms with van der Waals surface area (Å²) >= 11 is 0. The first kappa shape index (κ1) is 16.4. The minimum Gasteiger partial charge on any atom is -0.0918 e. The molecule has 4 aliphatic rings. The Morgan fingerprint density at radius 3 is 2.67 bits per heavy atom. The van der Waals surface area contributed by atoms with Crippen LogP contribution < -0.4 is 0 Å². The summed E-state index contributed by atoms with van der Waals surface area (Å²) in [5.74, 6) is 1.67. The van der Waals surface area contributed by atoms with Crippen molar-refractivity contribution in [3.8, 4) is 0 Å². The second-order valence-electron chi connectivity index (χ2n) is 9.60. The van der Waals surface area contributed by atoms with Crippen LogP contribution in [0.1, 0.15) is 72.6 Å². The molecule has 0 N–H and O–H groups in total. The number of hydrogen-bond acceptors (Lipinski definition) is 0. The highest BCUT2D eigenvalue weighted by atomic mass is 14.7. The highest BCUT2D eigenvalue weighted by Crippen LogP contribution is 2.71. The third-order valence-corrected chi connectivity index (χ3v) is 8.55. The Hall–Kier alpha value is -1.04. The molecule has 3 saturated carbocycles. The maximum atomic E-state index is 4.18. The molecule has 0 aromatic carbocycles. The van der Waals surface area contributed by atoms with Gasteiger partial charge in [0.05, 0.1) is 0 Å². The van der Waals surface area contributed by atoms with Crippen molar-refractivity contribution in [1.29, 1.82) is 0 Å². The van der Waals surface area contributed by atoms with E-state index in [0.717, 1.165) is 11.8 Å². The van der Waals surface area contributed by atoms with Gasteiger partial charge in [-0.15, -0.1) is 0 Å². The van der Waals surface area contributed by atoms with E-state index in [1.807, 2.05) is 0 Å². The number of hydrogen-bond donors (Lipinski definition) is 0. The van der Waals surface area contributed by atoms with Crippen molar-refractivity contribution in [2.75, 3.05) is 0 Å². The first-order valence-electron chi connectivity index (χ1n) is 10.1. The third kappa shape index (κ3) is 1.98. The number of allylic oxidation sites excluding steroid dienone is 7. The highest BCUT2D eigenvalue weighted by molar-refractivity contribution is 5.44. The molecule has 5 unspecified atom stereocenters. The van der Waals surface area contributed by atoms with Crippen molar-refractivity contribution in [1.82, 2.24) is 0 Å². The van der Waals surface area contributed by atoms with Gasteiger partial charge in [-0.3, -0.25) is 0 Å². The van der Waals surface area contributed by atoms with Crippen LogP contribution in [0.15, 0.2) is 47.6 Å². The second-order valence-corrected chi connectivity index (χ2v) is 9.60. The van der Waals surface area contributed by atoms with E-state index in [1.54, 1.807) is 11.1 Å². The lowest BCUT2D eigenvalue weighted by atomic mass is 9.42. The lowest BCUT2D eigenvalue weighted by Crippen LogP contribution is -2.54. The number of fused-ring (bicyclic) bond motifs is 5. The van der Waals surface area contributed by atoms with Crippen LogP contribution in [0.5, 0.6) is 0 Å². The molecule has 24 heavy (non-hydrogen) atoms. The van der Waals surface area contributed by atoms with E-state index in [0.29, 0.717) is 10.8 Å². The Balaban J connectivity index is 1.75. The average molecular weight is 323 g/mol. The molecule has 4 rings (SSSR count). The highest BCUT2D eigenvalue weighted by Gasteiger charge is 2.62. The van der Waals surface area contributed by atoms with Gasteiger partial charge in [0.2, 0.25) is 0 Å². The van der Waals surface area contributed by atoms with Crippen LogP contribution in [0.2, 0.25) is 0 Å². The monoisotopic (exact) mass is 322 g/mol. The van der Waals surface area contributed by atoms with E-state index < -0.39 is 0 Å². The maximum Gasteiger partial charge on any atom is 0.0103 e. The van der Waals surface area contributed by atoms with Crippen molar-refractivity contribution in [3.63, 3.8) is 0 Å². The summed E-state index contributed by atoms with van der Waals surface area (Å²) < 4.78 is 0. The zero-order valence-corrected chi connectivity index (χ0v) is 16.1. The topological polar surface area (TPSA) is 0 Å². The molecule has 0 aromatic rings. The predicted molar refractivity (Wildman–Crippen MR) is 104 cm³/mol. The molecule has 0 spiro atoms. The minimum atomic E-state index is 0.271. The van der Waals surface area contributed by atoms with Gasteiger partial charge in [-0.1, -0.05) is 69.7 Å². The summed E-state index contributed by atoms with van der Waals surface area (Å²) in [6, 6.07) is 0. The number of rotatable bonds is 1. The second kappa shape index (κ2) is 5.23. The van der Waals surface area contributed by atoms with Crippen LogP contribution >= 0.6 is 0 Å². The molecule has 5 atom stereocenters. The normalized spacial score (nSPS) is 48.8. The van der Waals surface area contributed by atoms with Gasteiger partial charge in [0.25, 0.3) is 0 Å². The van der Waals surface area contributed by atoms with E-state index >= 15 is 0 Å². The van der Waals surface area contributed by atoms with E-state index in [2.05, 4.69) is 58.6 Å². The fraction of sp³-hybridized carbons (Fsp3) is 0.667.